The highest BCUT2D eigenvalue weighted by Gasteiger charge is 2.18. The van der Waals surface area contributed by atoms with E-state index in [9.17, 15) is 17.6 Å². The molecule has 0 aromatic rings. The number of hydrogen-bond donors (Lipinski definition) is 4. The molecule has 0 radical (unpaired) electrons. The molecular formula is C8H18F4NO4P. The van der Waals surface area contributed by atoms with Crippen LogP contribution in [0.3, 0.4) is 0 Å². The number of nitrogens with one attached hydrogen (secondary N) is 1. The van der Waals surface area contributed by atoms with Crippen LogP contribution in [0.15, 0.2) is 0 Å². The molecule has 0 aromatic heterocycles. The van der Waals surface area contributed by atoms with Gasteiger partial charge in [-0.2, -0.15) is 0 Å². The molecule has 5 nitrogen and oxygen atoms in total. The first-order valence-electron chi connectivity index (χ1n) is 5.11. The Morgan fingerprint density at radius 2 is 1.39 bits per heavy atom. The predicted molar refractivity (Wildman–Crippen MR) is 57.5 cm³/mol. The molecule has 0 fully saturated rings. The summed E-state index contributed by atoms with van der Waals surface area (Å²) in [5, 5.41) is 2.79. The first kappa shape index (κ1) is 20.1. The molecule has 4 N–H and O–H groups in total. The second-order valence-corrected chi connectivity index (χ2v) is 4.47. The number of rotatable bonds is 7. The maximum absolute atomic E-state index is 11.9. The van der Waals surface area contributed by atoms with Crippen molar-refractivity contribution in [3.05, 3.63) is 0 Å². The van der Waals surface area contributed by atoms with E-state index in [4.69, 9.17) is 19.2 Å². The van der Waals surface area contributed by atoms with Crippen molar-refractivity contribution in [2.24, 2.45) is 5.92 Å². The van der Waals surface area contributed by atoms with E-state index in [0.717, 1.165) is 0 Å². The van der Waals surface area contributed by atoms with Gasteiger partial charge in [0.05, 0.1) is 0 Å². The molecule has 10 heteroatoms. The van der Waals surface area contributed by atoms with E-state index in [1.54, 1.807) is 0 Å². The number of halogens is 4. The maximum atomic E-state index is 11.9. The lowest BCUT2D eigenvalue weighted by atomic mass is 10.0. The van der Waals surface area contributed by atoms with Crippen molar-refractivity contribution >= 4 is 7.82 Å². The first-order valence-corrected chi connectivity index (χ1v) is 6.68. The Morgan fingerprint density at radius 3 is 1.61 bits per heavy atom. The van der Waals surface area contributed by atoms with Gasteiger partial charge in [-0.1, -0.05) is 6.92 Å². The van der Waals surface area contributed by atoms with Gasteiger partial charge in [-0.3, -0.25) is 0 Å². The summed E-state index contributed by atoms with van der Waals surface area (Å²) < 4.78 is 56.4. The minimum Gasteiger partial charge on any atom is -0.317 e. The Morgan fingerprint density at radius 1 is 1.06 bits per heavy atom. The molecule has 0 aliphatic rings. The van der Waals surface area contributed by atoms with Gasteiger partial charge < -0.3 is 20.0 Å². The van der Waals surface area contributed by atoms with Crippen molar-refractivity contribution in [1.29, 1.82) is 0 Å². The molecule has 0 rings (SSSR count). The van der Waals surface area contributed by atoms with Crippen LogP contribution in [-0.2, 0) is 4.57 Å². The van der Waals surface area contributed by atoms with Crippen LogP contribution in [0.4, 0.5) is 17.6 Å². The zero-order valence-corrected chi connectivity index (χ0v) is 10.7. The van der Waals surface area contributed by atoms with Crippen LogP contribution in [-0.4, -0.2) is 40.6 Å². The molecule has 112 valence electrons. The van der Waals surface area contributed by atoms with Crippen LogP contribution < -0.4 is 5.32 Å². The van der Waals surface area contributed by atoms with E-state index in [0.29, 0.717) is 6.54 Å². The molecule has 0 aromatic carbocycles. The highest BCUT2D eigenvalue weighted by atomic mass is 31.2. The monoisotopic (exact) mass is 299 g/mol. The van der Waals surface area contributed by atoms with Crippen molar-refractivity contribution in [1.82, 2.24) is 5.32 Å². The highest BCUT2D eigenvalue weighted by molar-refractivity contribution is 7.45. The number of hydrogen-bond acceptors (Lipinski definition) is 2. The molecular weight excluding hydrogens is 281 g/mol. The van der Waals surface area contributed by atoms with Crippen molar-refractivity contribution in [2.75, 3.05) is 13.1 Å². The van der Waals surface area contributed by atoms with Crippen molar-refractivity contribution in [2.45, 2.75) is 32.6 Å². The minimum atomic E-state index is -4.64. The van der Waals surface area contributed by atoms with Crippen molar-refractivity contribution < 1.29 is 36.8 Å². The topological polar surface area (TPSA) is 89.8 Å². The standard InChI is InChI=1S/C8H15F4N.H3O4P/c1-2-13-5-6(3-7(9)10)4-8(11)12;1-5(2,3)4/h6-8,13H,2-5H2,1H3;(H3,1,2,3,4). The van der Waals surface area contributed by atoms with E-state index in [2.05, 4.69) is 5.32 Å². The average molecular weight is 299 g/mol. The van der Waals surface area contributed by atoms with Crippen molar-refractivity contribution in [3.63, 3.8) is 0 Å². The van der Waals surface area contributed by atoms with Crippen LogP contribution in [0.25, 0.3) is 0 Å². The quantitative estimate of drug-likeness (QED) is 0.423. The van der Waals surface area contributed by atoms with E-state index >= 15 is 0 Å². The summed E-state index contributed by atoms with van der Waals surface area (Å²) in [7, 11) is -4.64. The molecule has 0 bridgehead atoms. The minimum absolute atomic E-state index is 0.241. The van der Waals surface area contributed by atoms with E-state index < -0.39 is 39.4 Å². The fraction of sp³-hybridized carbons (Fsp3) is 1.00. The summed E-state index contributed by atoms with van der Waals surface area (Å²) in [6.07, 6.45) is -5.89. The molecule has 0 unspecified atom stereocenters. The fourth-order valence-electron chi connectivity index (χ4n) is 1.12. The lowest BCUT2D eigenvalue weighted by molar-refractivity contribution is 0.0730. The van der Waals surface area contributed by atoms with Crippen LogP contribution in [0, 0.1) is 5.92 Å². The summed E-state index contributed by atoms with van der Waals surface area (Å²) in [5.74, 6) is -0.625. The van der Waals surface area contributed by atoms with Crippen molar-refractivity contribution in [3.8, 4) is 0 Å². The Kier molecular flexibility index (Phi) is 11.9. The van der Waals surface area contributed by atoms with Gasteiger partial charge in [0.1, 0.15) is 0 Å². The molecule has 0 aliphatic heterocycles. The van der Waals surface area contributed by atoms with Gasteiger partial charge in [-0.25, -0.2) is 22.1 Å². The second kappa shape index (κ2) is 10.7. The third-order valence-corrected chi connectivity index (χ3v) is 1.71. The smallest absolute Gasteiger partial charge is 0.317 e. The van der Waals surface area contributed by atoms with Crippen LogP contribution in [0.1, 0.15) is 19.8 Å². The van der Waals surface area contributed by atoms with Crippen LogP contribution >= 0.6 is 7.82 Å². The summed E-state index contributed by atoms with van der Waals surface area (Å²) in [5.41, 5.74) is 0. The zero-order valence-electron chi connectivity index (χ0n) is 9.77. The van der Waals surface area contributed by atoms with Gasteiger partial charge >= 0.3 is 7.82 Å². The summed E-state index contributed by atoms with van der Waals surface area (Å²) >= 11 is 0. The molecule has 0 spiro atoms. The third-order valence-electron chi connectivity index (χ3n) is 1.71. The Balaban J connectivity index is 0. The van der Waals surface area contributed by atoms with Gasteiger partial charge in [0, 0.05) is 12.8 Å². The van der Waals surface area contributed by atoms with Crippen LogP contribution in [0.5, 0.6) is 0 Å². The lowest BCUT2D eigenvalue weighted by Gasteiger charge is -2.15. The number of phosphoric acid groups is 1. The maximum Gasteiger partial charge on any atom is 0.466 e. The average Bonchev–Trinajstić information content (AvgIpc) is 2.09. The summed E-state index contributed by atoms with van der Waals surface area (Å²) in [6, 6.07) is 0. The van der Waals surface area contributed by atoms with E-state index in [1.165, 1.54) is 0 Å². The van der Waals surface area contributed by atoms with Gasteiger partial charge in [-0.05, 0) is 19.0 Å². The summed E-state index contributed by atoms with van der Waals surface area (Å²) in [4.78, 5) is 21.6. The zero-order chi connectivity index (χ0) is 14.8. The Hall–Kier alpha value is -0.210. The van der Waals surface area contributed by atoms with Gasteiger partial charge in [0.25, 0.3) is 0 Å². The Bertz CT molecular complexity index is 221. The van der Waals surface area contributed by atoms with Gasteiger partial charge in [0.15, 0.2) is 0 Å². The molecule has 0 aliphatic carbocycles. The van der Waals surface area contributed by atoms with E-state index in [1.807, 2.05) is 6.92 Å². The molecule has 0 atom stereocenters. The highest BCUT2D eigenvalue weighted by Crippen LogP contribution is 2.25. The molecule has 18 heavy (non-hydrogen) atoms. The molecule has 0 saturated heterocycles. The lowest BCUT2D eigenvalue weighted by Crippen LogP contribution is -2.25. The summed E-state index contributed by atoms with van der Waals surface area (Å²) in [6.45, 7) is 2.66. The van der Waals surface area contributed by atoms with Crippen LogP contribution in [0.2, 0.25) is 0 Å². The largest absolute Gasteiger partial charge is 0.466 e. The SMILES string of the molecule is CCNCC(CC(F)F)CC(F)F.O=P(O)(O)O. The molecule has 0 amide bonds. The normalized spacial score (nSPS) is 11.9. The predicted octanol–water partition coefficient (Wildman–Crippen LogP) is 1.59. The van der Waals surface area contributed by atoms with E-state index in [-0.39, 0.29) is 6.54 Å². The Labute approximate surface area is 102 Å². The fourth-order valence-corrected chi connectivity index (χ4v) is 1.12. The molecule has 0 saturated carbocycles. The number of alkyl halides is 4. The third kappa shape index (κ3) is 24.8. The first-order chi connectivity index (χ1) is 8.06. The molecule has 0 heterocycles. The second-order valence-electron chi connectivity index (χ2n) is 3.44. The van der Waals surface area contributed by atoms with Gasteiger partial charge in [0.2, 0.25) is 12.9 Å². The van der Waals surface area contributed by atoms with Gasteiger partial charge in [-0.15, -0.1) is 0 Å².